The topological polar surface area (TPSA) is 55.8 Å². The van der Waals surface area contributed by atoms with Gasteiger partial charge in [-0.25, -0.2) is 4.79 Å². The molecule has 1 N–H and O–H groups in total. The standard InChI is InChI=1S/C17H22O4/c1-3-17(19)21-11-20-16-9-6-14(10-12(16)2)13-4-7-15(18)8-5-13/h3,6,9-10,13,15,18H,1,4-5,7-8,11H2,2H3. The van der Waals surface area contributed by atoms with Crippen LogP contribution >= 0.6 is 0 Å². The minimum absolute atomic E-state index is 0.110. The zero-order valence-corrected chi connectivity index (χ0v) is 12.4. The Kier molecular flexibility index (Phi) is 5.39. The molecule has 1 aliphatic carbocycles. The van der Waals surface area contributed by atoms with Gasteiger partial charge in [0.05, 0.1) is 6.10 Å². The maximum absolute atomic E-state index is 10.9. The highest BCUT2D eigenvalue weighted by Crippen LogP contribution is 2.34. The molecule has 1 aromatic rings. The first-order chi connectivity index (χ1) is 10.1. The maximum atomic E-state index is 10.9. The van der Waals surface area contributed by atoms with E-state index in [0.717, 1.165) is 37.3 Å². The summed E-state index contributed by atoms with van der Waals surface area (Å²) in [5.41, 5.74) is 2.31. The van der Waals surface area contributed by atoms with Crippen LogP contribution < -0.4 is 4.74 Å². The Bertz CT molecular complexity index is 502. The summed E-state index contributed by atoms with van der Waals surface area (Å²) in [6.07, 6.45) is 4.77. The predicted molar refractivity (Wildman–Crippen MR) is 80.2 cm³/mol. The van der Waals surface area contributed by atoms with Gasteiger partial charge in [-0.1, -0.05) is 18.7 Å². The van der Waals surface area contributed by atoms with E-state index in [2.05, 4.69) is 18.7 Å². The molecule has 0 heterocycles. The Morgan fingerprint density at radius 1 is 1.38 bits per heavy atom. The van der Waals surface area contributed by atoms with E-state index in [1.807, 2.05) is 13.0 Å². The van der Waals surface area contributed by atoms with Crippen LogP contribution in [0.5, 0.6) is 5.75 Å². The third kappa shape index (κ3) is 4.33. The van der Waals surface area contributed by atoms with Crippen LogP contribution in [0.1, 0.15) is 42.7 Å². The van der Waals surface area contributed by atoms with Gasteiger partial charge in [-0.2, -0.15) is 0 Å². The highest BCUT2D eigenvalue weighted by molar-refractivity contribution is 5.81. The molecule has 0 aliphatic heterocycles. The van der Waals surface area contributed by atoms with Crippen molar-refractivity contribution in [2.45, 2.75) is 44.6 Å². The second-order valence-corrected chi connectivity index (χ2v) is 5.46. The van der Waals surface area contributed by atoms with Crippen molar-refractivity contribution in [2.24, 2.45) is 0 Å². The smallest absolute Gasteiger partial charge is 0.333 e. The number of aliphatic hydroxyl groups excluding tert-OH is 1. The van der Waals surface area contributed by atoms with Gasteiger partial charge >= 0.3 is 5.97 Å². The van der Waals surface area contributed by atoms with E-state index < -0.39 is 5.97 Å². The second kappa shape index (κ2) is 7.27. The van der Waals surface area contributed by atoms with Gasteiger partial charge in [0, 0.05) is 6.08 Å². The van der Waals surface area contributed by atoms with E-state index in [0.29, 0.717) is 11.7 Å². The van der Waals surface area contributed by atoms with Crippen LogP contribution in [0.15, 0.2) is 30.9 Å². The molecule has 0 radical (unpaired) electrons. The SMILES string of the molecule is C=CC(=O)OCOc1ccc(C2CCC(O)CC2)cc1C. The molecular weight excluding hydrogens is 268 g/mol. The second-order valence-electron chi connectivity index (χ2n) is 5.46. The number of benzene rings is 1. The monoisotopic (exact) mass is 290 g/mol. The van der Waals surface area contributed by atoms with Crippen molar-refractivity contribution in [1.29, 1.82) is 0 Å². The zero-order chi connectivity index (χ0) is 15.2. The van der Waals surface area contributed by atoms with Crippen LogP contribution in [0.2, 0.25) is 0 Å². The highest BCUT2D eigenvalue weighted by atomic mass is 16.7. The Hall–Kier alpha value is -1.81. The van der Waals surface area contributed by atoms with Crippen molar-refractivity contribution >= 4 is 5.97 Å². The average Bonchev–Trinajstić information content (AvgIpc) is 2.49. The molecule has 0 amide bonds. The molecule has 21 heavy (non-hydrogen) atoms. The van der Waals surface area contributed by atoms with E-state index in [1.165, 1.54) is 5.56 Å². The molecular formula is C17H22O4. The number of hydrogen-bond donors (Lipinski definition) is 1. The van der Waals surface area contributed by atoms with Crippen LogP contribution in [0, 0.1) is 6.92 Å². The number of esters is 1. The lowest BCUT2D eigenvalue weighted by atomic mass is 9.82. The first-order valence-electron chi connectivity index (χ1n) is 7.30. The number of hydrogen-bond acceptors (Lipinski definition) is 4. The van der Waals surface area contributed by atoms with Gasteiger partial charge in [-0.15, -0.1) is 0 Å². The van der Waals surface area contributed by atoms with Crippen LogP contribution in [0.25, 0.3) is 0 Å². The maximum Gasteiger partial charge on any atom is 0.333 e. The van der Waals surface area contributed by atoms with Crippen molar-refractivity contribution in [3.63, 3.8) is 0 Å². The Balaban J connectivity index is 1.94. The number of aliphatic hydroxyl groups is 1. The largest absolute Gasteiger partial charge is 0.457 e. The first-order valence-corrected chi connectivity index (χ1v) is 7.30. The van der Waals surface area contributed by atoms with Gasteiger partial charge in [0.2, 0.25) is 6.79 Å². The molecule has 4 nitrogen and oxygen atoms in total. The molecule has 0 spiro atoms. The molecule has 0 bridgehead atoms. The Labute approximate surface area is 125 Å². The minimum atomic E-state index is -0.495. The Morgan fingerprint density at radius 3 is 2.71 bits per heavy atom. The zero-order valence-electron chi connectivity index (χ0n) is 12.4. The summed E-state index contributed by atoms with van der Waals surface area (Å²) in [6, 6.07) is 6.09. The summed E-state index contributed by atoms with van der Waals surface area (Å²) in [4.78, 5) is 10.9. The van der Waals surface area contributed by atoms with Crippen molar-refractivity contribution in [1.82, 2.24) is 0 Å². The van der Waals surface area contributed by atoms with E-state index >= 15 is 0 Å². The summed E-state index contributed by atoms with van der Waals surface area (Å²) in [5, 5.41) is 9.57. The Morgan fingerprint density at radius 2 is 2.10 bits per heavy atom. The lowest BCUT2D eigenvalue weighted by molar-refractivity contribution is -0.144. The normalized spacial score (nSPS) is 21.6. The molecule has 4 heteroatoms. The quantitative estimate of drug-likeness (QED) is 0.514. The molecule has 1 saturated carbocycles. The van der Waals surface area contributed by atoms with Crippen molar-refractivity contribution in [3.05, 3.63) is 42.0 Å². The van der Waals surface area contributed by atoms with E-state index in [1.54, 1.807) is 0 Å². The first kappa shape index (κ1) is 15.6. The lowest BCUT2D eigenvalue weighted by Gasteiger charge is -2.26. The predicted octanol–water partition coefficient (Wildman–Crippen LogP) is 3.08. The molecule has 114 valence electrons. The number of carbonyl (C=O) groups is 1. The molecule has 1 fully saturated rings. The number of rotatable bonds is 5. The summed E-state index contributed by atoms with van der Waals surface area (Å²) in [7, 11) is 0. The van der Waals surface area contributed by atoms with E-state index in [9.17, 15) is 9.90 Å². The summed E-state index contributed by atoms with van der Waals surface area (Å²) in [6.45, 7) is 5.19. The van der Waals surface area contributed by atoms with Crippen molar-refractivity contribution < 1.29 is 19.4 Å². The van der Waals surface area contributed by atoms with Crippen molar-refractivity contribution in [2.75, 3.05) is 6.79 Å². The third-order valence-electron chi connectivity index (χ3n) is 3.95. The molecule has 1 aliphatic rings. The highest BCUT2D eigenvalue weighted by Gasteiger charge is 2.21. The van der Waals surface area contributed by atoms with Crippen LogP contribution in [-0.2, 0) is 9.53 Å². The molecule has 0 atom stereocenters. The third-order valence-corrected chi connectivity index (χ3v) is 3.95. The van der Waals surface area contributed by atoms with E-state index in [4.69, 9.17) is 9.47 Å². The lowest BCUT2D eigenvalue weighted by Crippen LogP contribution is -2.17. The molecule has 0 saturated heterocycles. The number of aryl methyl sites for hydroxylation is 1. The van der Waals surface area contributed by atoms with Gasteiger partial charge in [0.25, 0.3) is 0 Å². The van der Waals surface area contributed by atoms with Crippen LogP contribution in [0.3, 0.4) is 0 Å². The minimum Gasteiger partial charge on any atom is -0.457 e. The average molecular weight is 290 g/mol. The number of carbonyl (C=O) groups excluding carboxylic acids is 1. The van der Waals surface area contributed by atoms with Gasteiger partial charge in [0.15, 0.2) is 0 Å². The summed E-state index contributed by atoms with van der Waals surface area (Å²) < 4.78 is 10.2. The van der Waals surface area contributed by atoms with Gasteiger partial charge in [0.1, 0.15) is 5.75 Å². The summed E-state index contributed by atoms with van der Waals surface area (Å²) >= 11 is 0. The fourth-order valence-corrected chi connectivity index (χ4v) is 2.71. The van der Waals surface area contributed by atoms with Crippen LogP contribution in [0.4, 0.5) is 0 Å². The van der Waals surface area contributed by atoms with Gasteiger partial charge < -0.3 is 14.6 Å². The fourth-order valence-electron chi connectivity index (χ4n) is 2.71. The van der Waals surface area contributed by atoms with Gasteiger partial charge in [-0.3, -0.25) is 0 Å². The van der Waals surface area contributed by atoms with Crippen molar-refractivity contribution in [3.8, 4) is 5.75 Å². The molecule has 0 unspecified atom stereocenters. The van der Waals surface area contributed by atoms with E-state index in [-0.39, 0.29) is 12.9 Å². The van der Waals surface area contributed by atoms with Gasteiger partial charge in [-0.05, 0) is 55.7 Å². The van der Waals surface area contributed by atoms with Crippen LogP contribution in [-0.4, -0.2) is 24.0 Å². The molecule has 2 rings (SSSR count). The molecule has 1 aromatic carbocycles. The fraction of sp³-hybridized carbons (Fsp3) is 0.471. The number of ether oxygens (including phenoxy) is 2. The molecule has 0 aromatic heterocycles. The summed E-state index contributed by atoms with van der Waals surface area (Å²) in [5.74, 6) is 0.733.